The van der Waals surface area contributed by atoms with Crippen LogP contribution in [-0.2, 0) is 13.1 Å². The molecule has 1 aliphatic rings. The van der Waals surface area contributed by atoms with Gasteiger partial charge < -0.3 is 5.73 Å². The highest BCUT2D eigenvalue weighted by Gasteiger charge is 2.23. The van der Waals surface area contributed by atoms with E-state index in [0.717, 1.165) is 24.2 Å². The van der Waals surface area contributed by atoms with Gasteiger partial charge in [-0.1, -0.05) is 32.8 Å². The Morgan fingerprint density at radius 3 is 2.45 bits per heavy atom. The van der Waals surface area contributed by atoms with E-state index >= 15 is 0 Å². The molecular weight excluding hydrogens is 251 g/mol. The van der Waals surface area contributed by atoms with Crippen molar-refractivity contribution in [2.75, 3.05) is 6.54 Å². The summed E-state index contributed by atoms with van der Waals surface area (Å²) >= 11 is 0. The molecule has 2 nitrogen and oxygen atoms in total. The molecule has 0 aliphatic heterocycles. The zero-order valence-electron chi connectivity index (χ0n) is 12.7. The van der Waals surface area contributed by atoms with Gasteiger partial charge in [0.2, 0.25) is 0 Å². The number of nitrogens with zero attached hydrogens (tertiary/aromatic N) is 1. The molecule has 1 saturated carbocycles. The standard InChI is InChI=1S/C17H27FN2/c1-13(2)11-20(17-5-3-4-6-17)12-15-7-14(10-19)8-16(18)9-15/h7-9,13,17H,3-6,10-12,19H2,1-2H3. The zero-order valence-corrected chi connectivity index (χ0v) is 12.7. The first-order chi connectivity index (χ1) is 9.58. The maximum atomic E-state index is 13.6. The van der Waals surface area contributed by atoms with E-state index in [-0.39, 0.29) is 5.82 Å². The van der Waals surface area contributed by atoms with Crippen molar-refractivity contribution in [1.29, 1.82) is 0 Å². The van der Waals surface area contributed by atoms with Crippen molar-refractivity contribution >= 4 is 0 Å². The van der Waals surface area contributed by atoms with Gasteiger partial charge in [-0.15, -0.1) is 0 Å². The molecule has 112 valence electrons. The lowest BCUT2D eigenvalue weighted by Crippen LogP contribution is -2.35. The minimum absolute atomic E-state index is 0.168. The summed E-state index contributed by atoms with van der Waals surface area (Å²) in [4.78, 5) is 2.53. The summed E-state index contributed by atoms with van der Waals surface area (Å²) in [5.74, 6) is 0.469. The third kappa shape index (κ3) is 4.29. The Bertz CT molecular complexity index is 425. The van der Waals surface area contributed by atoms with Gasteiger partial charge >= 0.3 is 0 Å². The number of hydrogen-bond donors (Lipinski definition) is 1. The number of hydrogen-bond acceptors (Lipinski definition) is 2. The van der Waals surface area contributed by atoms with Crippen molar-refractivity contribution in [3.05, 3.63) is 35.1 Å². The summed E-state index contributed by atoms with van der Waals surface area (Å²) in [6.07, 6.45) is 5.23. The summed E-state index contributed by atoms with van der Waals surface area (Å²) in [6, 6.07) is 5.90. The first-order valence-corrected chi connectivity index (χ1v) is 7.81. The monoisotopic (exact) mass is 278 g/mol. The minimum atomic E-state index is -0.168. The maximum Gasteiger partial charge on any atom is 0.123 e. The molecule has 0 bridgehead atoms. The Balaban J connectivity index is 2.11. The van der Waals surface area contributed by atoms with Gasteiger partial charge in [-0.25, -0.2) is 4.39 Å². The molecule has 0 atom stereocenters. The largest absolute Gasteiger partial charge is 0.326 e. The number of nitrogens with two attached hydrogens (primary N) is 1. The summed E-state index contributed by atoms with van der Waals surface area (Å²) in [6.45, 7) is 6.82. The van der Waals surface area contributed by atoms with Crippen LogP contribution in [0.3, 0.4) is 0 Å². The van der Waals surface area contributed by atoms with Crippen molar-refractivity contribution in [1.82, 2.24) is 4.90 Å². The van der Waals surface area contributed by atoms with Crippen molar-refractivity contribution in [3.8, 4) is 0 Å². The highest BCUT2D eigenvalue weighted by Crippen LogP contribution is 2.26. The highest BCUT2D eigenvalue weighted by molar-refractivity contribution is 5.24. The van der Waals surface area contributed by atoms with Gasteiger partial charge in [0, 0.05) is 25.7 Å². The van der Waals surface area contributed by atoms with Gasteiger partial charge in [0.15, 0.2) is 0 Å². The quantitative estimate of drug-likeness (QED) is 0.860. The second-order valence-corrected chi connectivity index (χ2v) is 6.43. The Labute approximate surface area is 122 Å². The van der Waals surface area contributed by atoms with Gasteiger partial charge in [-0.2, -0.15) is 0 Å². The van der Waals surface area contributed by atoms with Crippen LogP contribution in [0.25, 0.3) is 0 Å². The summed E-state index contributed by atoms with van der Waals surface area (Å²) in [5.41, 5.74) is 7.58. The fraction of sp³-hybridized carbons (Fsp3) is 0.647. The average Bonchev–Trinajstić information content (AvgIpc) is 2.90. The Morgan fingerprint density at radius 1 is 1.20 bits per heavy atom. The fourth-order valence-corrected chi connectivity index (χ4v) is 3.24. The van der Waals surface area contributed by atoms with E-state index < -0.39 is 0 Å². The molecule has 1 aromatic rings. The second kappa shape index (κ2) is 7.19. The van der Waals surface area contributed by atoms with Crippen LogP contribution < -0.4 is 5.73 Å². The van der Waals surface area contributed by atoms with Gasteiger partial charge in [0.1, 0.15) is 5.82 Å². The lowest BCUT2D eigenvalue weighted by molar-refractivity contribution is 0.168. The van der Waals surface area contributed by atoms with Gasteiger partial charge in [-0.05, 0) is 42.0 Å². The highest BCUT2D eigenvalue weighted by atomic mass is 19.1. The SMILES string of the molecule is CC(C)CN(Cc1cc(F)cc(CN)c1)C1CCCC1. The van der Waals surface area contributed by atoms with Gasteiger partial charge in [-0.3, -0.25) is 4.90 Å². The molecule has 20 heavy (non-hydrogen) atoms. The van der Waals surface area contributed by atoms with Gasteiger partial charge in [0.05, 0.1) is 0 Å². The summed E-state index contributed by atoms with van der Waals surface area (Å²) in [5, 5.41) is 0. The molecule has 0 heterocycles. The van der Waals surface area contributed by atoms with Crippen LogP contribution in [0.2, 0.25) is 0 Å². The zero-order chi connectivity index (χ0) is 14.5. The van der Waals surface area contributed by atoms with Crippen LogP contribution in [0, 0.1) is 11.7 Å². The molecular formula is C17H27FN2. The summed E-state index contributed by atoms with van der Waals surface area (Å²) in [7, 11) is 0. The Hall–Kier alpha value is -0.930. The maximum absolute atomic E-state index is 13.6. The molecule has 0 radical (unpaired) electrons. The number of benzene rings is 1. The van der Waals surface area contributed by atoms with E-state index in [1.165, 1.54) is 31.7 Å². The molecule has 0 aromatic heterocycles. The molecule has 0 unspecified atom stereocenters. The molecule has 0 spiro atoms. The van der Waals surface area contributed by atoms with Crippen molar-refractivity contribution in [3.63, 3.8) is 0 Å². The van der Waals surface area contributed by atoms with Crippen LogP contribution >= 0.6 is 0 Å². The van der Waals surface area contributed by atoms with Crippen LogP contribution in [0.1, 0.15) is 50.7 Å². The fourth-order valence-electron chi connectivity index (χ4n) is 3.24. The van der Waals surface area contributed by atoms with Crippen molar-refractivity contribution in [2.45, 2.75) is 58.7 Å². The van der Waals surface area contributed by atoms with E-state index in [1.807, 2.05) is 6.07 Å². The molecule has 1 aliphatic carbocycles. The summed E-state index contributed by atoms with van der Waals surface area (Å²) < 4.78 is 13.6. The lowest BCUT2D eigenvalue weighted by atomic mass is 10.1. The molecule has 1 aromatic carbocycles. The Kier molecular flexibility index (Phi) is 5.55. The molecule has 2 rings (SSSR count). The molecule has 1 fully saturated rings. The number of rotatable bonds is 6. The van der Waals surface area contributed by atoms with E-state index in [4.69, 9.17) is 5.73 Å². The van der Waals surface area contributed by atoms with Crippen molar-refractivity contribution in [2.24, 2.45) is 11.7 Å². The normalized spacial score (nSPS) is 16.5. The molecule has 0 saturated heterocycles. The van der Waals surface area contributed by atoms with E-state index in [9.17, 15) is 4.39 Å². The van der Waals surface area contributed by atoms with E-state index in [0.29, 0.717) is 18.5 Å². The third-order valence-corrected chi connectivity index (χ3v) is 4.08. The topological polar surface area (TPSA) is 29.3 Å². The smallest absolute Gasteiger partial charge is 0.123 e. The predicted octanol–water partition coefficient (Wildman–Crippen LogP) is 3.69. The second-order valence-electron chi connectivity index (χ2n) is 6.43. The molecule has 0 amide bonds. The number of halogens is 1. The van der Waals surface area contributed by atoms with Crippen molar-refractivity contribution < 1.29 is 4.39 Å². The lowest BCUT2D eigenvalue weighted by Gasteiger charge is -2.30. The van der Waals surface area contributed by atoms with Crippen LogP contribution in [0.15, 0.2) is 18.2 Å². The van der Waals surface area contributed by atoms with Crippen LogP contribution in [0.5, 0.6) is 0 Å². The van der Waals surface area contributed by atoms with Gasteiger partial charge in [0.25, 0.3) is 0 Å². The first kappa shape index (κ1) is 15.5. The average molecular weight is 278 g/mol. The van der Waals surface area contributed by atoms with E-state index in [1.54, 1.807) is 6.07 Å². The Morgan fingerprint density at radius 2 is 1.85 bits per heavy atom. The minimum Gasteiger partial charge on any atom is -0.326 e. The van der Waals surface area contributed by atoms with Crippen LogP contribution in [0.4, 0.5) is 4.39 Å². The third-order valence-electron chi connectivity index (χ3n) is 4.08. The predicted molar refractivity (Wildman–Crippen MR) is 81.8 cm³/mol. The first-order valence-electron chi connectivity index (χ1n) is 7.81. The van der Waals surface area contributed by atoms with E-state index in [2.05, 4.69) is 18.7 Å². The van der Waals surface area contributed by atoms with Crippen LogP contribution in [-0.4, -0.2) is 17.5 Å². The molecule has 2 N–H and O–H groups in total. The molecule has 3 heteroatoms.